The van der Waals surface area contributed by atoms with Gasteiger partial charge in [-0.15, -0.1) is 0 Å². The number of piperazine rings is 1. The summed E-state index contributed by atoms with van der Waals surface area (Å²) in [6.45, 7) is 5.89. The van der Waals surface area contributed by atoms with Crippen molar-refractivity contribution >= 4 is 39.3 Å². The standard InChI is InChI=1S/C29H30BrClF3N5O.H2/c30-22-3-2-20(26(33)15-22)18-37-7-5-23(6-8-37)38-9-11-39(12-10-38)28-24(31)14-21(17-35-28)29(40)36-16-19-1-4-25(32)27(34)13-19;/h1-4,13-15,17,23H,5-12,16,18H2,(H,36,40);1H. The predicted molar refractivity (Wildman–Crippen MR) is 155 cm³/mol. The molecule has 40 heavy (non-hydrogen) atoms. The number of nitrogens with one attached hydrogen (secondary N) is 1. The lowest BCUT2D eigenvalue weighted by atomic mass is 10.0. The van der Waals surface area contributed by atoms with Crippen LogP contribution in [-0.4, -0.2) is 66.0 Å². The van der Waals surface area contributed by atoms with Gasteiger partial charge >= 0.3 is 0 Å². The molecule has 0 unspecified atom stereocenters. The van der Waals surface area contributed by atoms with Crippen molar-refractivity contribution in [2.45, 2.75) is 32.0 Å². The fourth-order valence-electron chi connectivity index (χ4n) is 5.35. The molecule has 2 aliphatic heterocycles. The molecular formula is C29H32BrClF3N5O. The summed E-state index contributed by atoms with van der Waals surface area (Å²) >= 11 is 9.84. The van der Waals surface area contributed by atoms with E-state index in [1.165, 1.54) is 18.3 Å². The Morgan fingerprint density at radius 2 is 1.73 bits per heavy atom. The van der Waals surface area contributed by atoms with E-state index in [-0.39, 0.29) is 13.8 Å². The number of amides is 1. The van der Waals surface area contributed by atoms with Crippen molar-refractivity contribution in [2.75, 3.05) is 44.2 Å². The van der Waals surface area contributed by atoms with Crippen LogP contribution in [0.5, 0.6) is 0 Å². The van der Waals surface area contributed by atoms with Crippen LogP contribution in [0.25, 0.3) is 0 Å². The highest BCUT2D eigenvalue weighted by atomic mass is 79.9. The SMILES string of the molecule is O=C(NCc1ccc(F)c(F)c1)c1cnc(N2CCN(C3CCN(Cc4ccc(Br)cc4F)CC3)CC2)c(Cl)c1.[HH]. The third kappa shape index (κ3) is 6.97. The lowest BCUT2D eigenvalue weighted by molar-refractivity contribution is 0.0950. The zero-order chi connectivity index (χ0) is 28.2. The number of piperidine rings is 1. The molecule has 2 fully saturated rings. The summed E-state index contributed by atoms with van der Waals surface area (Å²) in [5.74, 6) is -1.82. The number of rotatable bonds is 7. The van der Waals surface area contributed by atoms with E-state index < -0.39 is 17.5 Å². The molecule has 0 bridgehead atoms. The van der Waals surface area contributed by atoms with Gasteiger partial charge < -0.3 is 10.2 Å². The Morgan fingerprint density at radius 1 is 0.975 bits per heavy atom. The number of carbonyl (C=O) groups is 1. The Kier molecular flexibility index (Phi) is 9.30. The highest BCUT2D eigenvalue weighted by Gasteiger charge is 2.29. The number of halogens is 5. The van der Waals surface area contributed by atoms with Gasteiger partial charge in [-0.05, 0) is 61.8 Å². The highest BCUT2D eigenvalue weighted by molar-refractivity contribution is 9.10. The molecule has 1 N–H and O–H groups in total. The van der Waals surface area contributed by atoms with Crippen molar-refractivity contribution in [1.82, 2.24) is 20.1 Å². The van der Waals surface area contributed by atoms with Crippen LogP contribution in [0.3, 0.4) is 0 Å². The molecule has 0 saturated carbocycles. The fourth-order valence-corrected chi connectivity index (χ4v) is 5.97. The van der Waals surface area contributed by atoms with Gasteiger partial charge in [-0.3, -0.25) is 14.6 Å². The van der Waals surface area contributed by atoms with Crippen LogP contribution in [0.2, 0.25) is 5.02 Å². The number of nitrogens with zero attached hydrogens (tertiary/aromatic N) is 4. The summed E-state index contributed by atoms with van der Waals surface area (Å²) in [7, 11) is 0. The number of pyridine rings is 1. The number of carbonyl (C=O) groups excluding carboxylic acids is 1. The molecule has 6 nitrogen and oxygen atoms in total. The van der Waals surface area contributed by atoms with Gasteiger partial charge in [0.15, 0.2) is 11.6 Å². The highest BCUT2D eigenvalue weighted by Crippen LogP contribution is 2.27. The predicted octanol–water partition coefficient (Wildman–Crippen LogP) is 5.88. The Morgan fingerprint density at radius 3 is 2.40 bits per heavy atom. The second-order valence-corrected chi connectivity index (χ2v) is 11.5. The minimum absolute atomic E-state index is 0. The van der Waals surface area contributed by atoms with Crippen LogP contribution in [0.15, 0.2) is 53.1 Å². The molecule has 0 radical (unpaired) electrons. The van der Waals surface area contributed by atoms with Gasteiger partial charge in [0.2, 0.25) is 0 Å². The molecule has 214 valence electrons. The topological polar surface area (TPSA) is 51.7 Å². The summed E-state index contributed by atoms with van der Waals surface area (Å²) in [6.07, 6.45) is 3.58. The third-order valence-electron chi connectivity index (χ3n) is 7.62. The Labute approximate surface area is 246 Å². The summed E-state index contributed by atoms with van der Waals surface area (Å²) in [4.78, 5) is 24.0. The molecule has 2 aliphatic rings. The molecule has 1 aromatic heterocycles. The summed E-state index contributed by atoms with van der Waals surface area (Å²) in [5, 5.41) is 3.07. The third-order valence-corrected chi connectivity index (χ3v) is 8.39. The first-order chi connectivity index (χ1) is 19.3. The Balaban J connectivity index is 0.00000387. The van der Waals surface area contributed by atoms with E-state index in [0.29, 0.717) is 34.6 Å². The van der Waals surface area contributed by atoms with Crippen LogP contribution in [0.1, 0.15) is 35.8 Å². The van der Waals surface area contributed by atoms with Gasteiger partial charge in [-0.1, -0.05) is 39.7 Å². The van der Waals surface area contributed by atoms with Gasteiger partial charge in [-0.25, -0.2) is 18.2 Å². The second-order valence-electron chi connectivity index (χ2n) is 10.2. The van der Waals surface area contributed by atoms with Gasteiger partial charge in [0.25, 0.3) is 5.91 Å². The smallest absolute Gasteiger partial charge is 0.253 e. The van der Waals surface area contributed by atoms with Gasteiger partial charge in [0.05, 0.1) is 10.6 Å². The summed E-state index contributed by atoms with van der Waals surface area (Å²) in [6, 6.07) is 10.8. The minimum Gasteiger partial charge on any atom is -0.353 e. The number of aromatic nitrogens is 1. The molecule has 0 atom stereocenters. The maximum Gasteiger partial charge on any atom is 0.253 e. The fraction of sp³-hybridized carbons (Fsp3) is 0.379. The van der Waals surface area contributed by atoms with E-state index in [2.05, 4.69) is 40.9 Å². The van der Waals surface area contributed by atoms with E-state index in [4.69, 9.17) is 11.6 Å². The van der Waals surface area contributed by atoms with E-state index >= 15 is 0 Å². The van der Waals surface area contributed by atoms with E-state index in [1.807, 2.05) is 12.1 Å². The molecule has 3 heterocycles. The number of anilines is 1. The minimum atomic E-state index is -0.959. The molecule has 11 heteroatoms. The van der Waals surface area contributed by atoms with Crippen molar-refractivity contribution in [3.63, 3.8) is 0 Å². The van der Waals surface area contributed by atoms with Crippen LogP contribution >= 0.6 is 27.5 Å². The first-order valence-corrected chi connectivity index (χ1v) is 14.5. The van der Waals surface area contributed by atoms with Crippen molar-refractivity contribution in [3.8, 4) is 0 Å². The quantitative estimate of drug-likeness (QED) is 0.351. The van der Waals surface area contributed by atoms with Crippen molar-refractivity contribution in [1.29, 1.82) is 0 Å². The first kappa shape index (κ1) is 28.9. The molecular weight excluding hydrogens is 607 g/mol. The molecule has 3 aromatic rings. The summed E-state index contributed by atoms with van der Waals surface area (Å²) in [5.41, 5.74) is 1.47. The van der Waals surface area contributed by atoms with Gasteiger partial charge in [0.1, 0.15) is 11.6 Å². The van der Waals surface area contributed by atoms with E-state index in [1.54, 1.807) is 6.07 Å². The van der Waals surface area contributed by atoms with Crippen LogP contribution in [0.4, 0.5) is 19.0 Å². The number of hydrogen-bond donors (Lipinski definition) is 1. The summed E-state index contributed by atoms with van der Waals surface area (Å²) < 4.78 is 41.5. The Hall–Kier alpha value is -2.66. The lowest BCUT2D eigenvalue weighted by Crippen LogP contribution is -2.53. The maximum absolute atomic E-state index is 14.2. The van der Waals surface area contributed by atoms with Crippen molar-refractivity contribution in [2.24, 2.45) is 0 Å². The van der Waals surface area contributed by atoms with Crippen molar-refractivity contribution < 1.29 is 19.4 Å². The zero-order valence-corrected chi connectivity index (χ0v) is 24.2. The normalized spacial score (nSPS) is 17.3. The molecule has 5 rings (SSSR count). The number of likely N-dealkylation sites (tertiary alicyclic amines) is 1. The van der Waals surface area contributed by atoms with E-state index in [9.17, 15) is 18.0 Å². The van der Waals surface area contributed by atoms with Crippen LogP contribution in [0, 0.1) is 17.5 Å². The molecule has 1 amide bonds. The Bertz CT molecular complexity index is 1370. The average Bonchev–Trinajstić information content (AvgIpc) is 2.95. The molecule has 0 spiro atoms. The van der Waals surface area contributed by atoms with E-state index in [0.717, 1.165) is 74.3 Å². The molecule has 2 aromatic carbocycles. The van der Waals surface area contributed by atoms with Crippen LogP contribution in [-0.2, 0) is 13.1 Å². The maximum atomic E-state index is 14.2. The van der Waals surface area contributed by atoms with Crippen LogP contribution < -0.4 is 10.2 Å². The number of hydrogen-bond acceptors (Lipinski definition) is 5. The average molecular weight is 639 g/mol. The van der Waals surface area contributed by atoms with Gasteiger partial charge in [0, 0.05) is 63.0 Å². The first-order valence-electron chi connectivity index (χ1n) is 13.3. The zero-order valence-electron chi connectivity index (χ0n) is 21.9. The number of benzene rings is 2. The van der Waals surface area contributed by atoms with Gasteiger partial charge in [-0.2, -0.15) is 0 Å². The monoisotopic (exact) mass is 637 g/mol. The lowest BCUT2D eigenvalue weighted by Gasteiger charge is -2.43. The second kappa shape index (κ2) is 12.9. The molecule has 2 saturated heterocycles. The molecule has 0 aliphatic carbocycles. The van der Waals surface area contributed by atoms with Crippen molar-refractivity contribution in [3.05, 3.63) is 92.3 Å². The largest absolute Gasteiger partial charge is 0.353 e.